The molecule has 0 radical (unpaired) electrons. The Labute approximate surface area is 114 Å². The molecule has 2 aromatic rings. The van der Waals surface area contributed by atoms with Crippen molar-refractivity contribution in [2.75, 3.05) is 30.9 Å². The molecule has 1 heterocycles. The Balaban J connectivity index is 2.22. The number of rotatable bonds is 5. The number of ether oxygens (including phenoxy) is 1. The highest BCUT2D eigenvalue weighted by Crippen LogP contribution is 2.24. The highest BCUT2D eigenvalue weighted by molar-refractivity contribution is 5.61. The molecule has 0 spiro atoms. The molecular formula is C15H19N3O. The van der Waals surface area contributed by atoms with Crippen molar-refractivity contribution >= 4 is 17.3 Å². The Morgan fingerprint density at radius 2 is 1.89 bits per heavy atom. The molecule has 2 rings (SSSR count). The van der Waals surface area contributed by atoms with Crippen molar-refractivity contribution in [1.82, 2.24) is 4.98 Å². The van der Waals surface area contributed by atoms with Crippen molar-refractivity contribution in [3.63, 3.8) is 0 Å². The van der Waals surface area contributed by atoms with Gasteiger partial charge in [-0.15, -0.1) is 0 Å². The fraction of sp³-hybridized carbons (Fsp3) is 0.267. The van der Waals surface area contributed by atoms with Crippen molar-refractivity contribution in [2.45, 2.75) is 6.92 Å². The van der Waals surface area contributed by atoms with Crippen molar-refractivity contribution in [3.8, 4) is 5.75 Å². The Kier molecular flexibility index (Phi) is 4.23. The maximum atomic E-state index is 5.16. The zero-order chi connectivity index (χ0) is 13.7. The molecule has 0 fully saturated rings. The minimum Gasteiger partial charge on any atom is -0.497 e. The summed E-state index contributed by atoms with van der Waals surface area (Å²) >= 11 is 0. The number of anilines is 3. The lowest BCUT2D eigenvalue weighted by molar-refractivity contribution is 0.415. The number of nitrogens with zero attached hydrogens (tertiary/aromatic N) is 2. The summed E-state index contributed by atoms with van der Waals surface area (Å²) in [4.78, 5) is 6.61. The molecule has 1 aromatic carbocycles. The van der Waals surface area contributed by atoms with Crippen LogP contribution in [0, 0.1) is 0 Å². The zero-order valence-electron chi connectivity index (χ0n) is 11.6. The topological polar surface area (TPSA) is 37.4 Å². The summed E-state index contributed by atoms with van der Waals surface area (Å²) < 4.78 is 5.16. The molecule has 0 unspecified atom stereocenters. The van der Waals surface area contributed by atoms with Crippen LogP contribution in [0.1, 0.15) is 6.92 Å². The molecule has 4 nitrogen and oxygen atoms in total. The summed E-state index contributed by atoms with van der Waals surface area (Å²) in [6.07, 6.45) is 0. The van der Waals surface area contributed by atoms with Gasteiger partial charge in [0.25, 0.3) is 0 Å². The first kappa shape index (κ1) is 13.2. The Morgan fingerprint density at radius 1 is 1.16 bits per heavy atom. The van der Waals surface area contributed by atoms with Gasteiger partial charge in [0, 0.05) is 19.3 Å². The average molecular weight is 257 g/mol. The molecule has 1 aromatic heterocycles. The van der Waals surface area contributed by atoms with Gasteiger partial charge in [0.15, 0.2) is 0 Å². The number of hydrogen-bond donors (Lipinski definition) is 1. The van der Waals surface area contributed by atoms with Crippen molar-refractivity contribution in [3.05, 3.63) is 42.5 Å². The number of hydrogen-bond acceptors (Lipinski definition) is 4. The van der Waals surface area contributed by atoms with E-state index in [2.05, 4.69) is 17.2 Å². The van der Waals surface area contributed by atoms with Crippen LogP contribution in [0.5, 0.6) is 5.75 Å². The molecule has 19 heavy (non-hydrogen) atoms. The van der Waals surface area contributed by atoms with Crippen LogP contribution in [-0.2, 0) is 0 Å². The van der Waals surface area contributed by atoms with E-state index >= 15 is 0 Å². The summed E-state index contributed by atoms with van der Waals surface area (Å²) in [5, 5.41) is 3.21. The van der Waals surface area contributed by atoms with E-state index in [1.54, 1.807) is 7.11 Å². The predicted molar refractivity (Wildman–Crippen MR) is 79.5 cm³/mol. The van der Waals surface area contributed by atoms with Crippen LogP contribution in [0.15, 0.2) is 42.5 Å². The third-order valence-corrected chi connectivity index (χ3v) is 2.90. The molecule has 100 valence electrons. The third-order valence-electron chi connectivity index (χ3n) is 2.90. The maximum absolute atomic E-state index is 5.16. The molecule has 0 saturated heterocycles. The molecule has 4 heteroatoms. The standard InChI is InChI=1S/C15H19N3O/c1-4-16-14-6-5-7-15(17-14)18(2)12-8-10-13(19-3)11-9-12/h5-11H,4H2,1-3H3,(H,16,17). The van der Waals surface area contributed by atoms with Crippen LogP contribution in [0.2, 0.25) is 0 Å². The van der Waals surface area contributed by atoms with Crippen molar-refractivity contribution in [2.24, 2.45) is 0 Å². The largest absolute Gasteiger partial charge is 0.497 e. The molecule has 0 aliphatic carbocycles. The zero-order valence-corrected chi connectivity index (χ0v) is 11.6. The van der Waals surface area contributed by atoms with Crippen LogP contribution in [0.3, 0.4) is 0 Å². The summed E-state index contributed by atoms with van der Waals surface area (Å²) in [6.45, 7) is 2.92. The number of nitrogens with one attached hydrogen (secondary N) is 1. The van der Waals surface area contributed by atoms with Gasteiger partial charge in [0.2, 0.25) is 0 Å². The first-order chi connectivity index (χ1) is 9.24. The summed E-state index contributed by atoms with van der Waals surface area (Å²) in [5.74, 6) is 2.65. The van der Waals surface area contributed by atoms with Gasteiger partial charge < -0.3 is 15.0 Å². The van der Waals surface area contributed by atoms with Crippen molar-refractivity contribution in [1.29, 1.82) is 0 Å². The number of aromatic nitrogens is 1. The van der Waals surface area contributed by atoms with E-state index in [1.165, 1.54) is 0 Å². The van der Waals surface area contributed by atoms with Gasteiger partial charge in [-0.1, -0.05) is 6.07 Å². The minimum absolute atomic E-state index is 0.853. The van der Waals surface area contributed by atoms with Crippen LogP contribution in [-0.4, -0.2) is 25.7 Å². The fourth-order valence-electron chi connectivity index (χ4n) is 1.83. The number of methoxy groups -OCH3 is 1. The Morgan fingerprint density at radius 3 is 2.53 bits per heavy atom. The van der Waals surface area contributed by atoms with E-state index in [0.717, 1.165) is 29.6 Å². The van der Waals surface area contributed by atoms with E-state index in [0.29, 0.717) is 0 Å². The SMILES string of the molecule is CCNc1cccc(N(C)c2ccc(OC)cc2)n1. The van der Waals surface area contributed by atoms with Crippen molar-refractivity contribution < 1.29 is 4.74 Å². The molecule has 0 amide bonds. The quantitative estimate of drug-likeness (QED) is 0.892. The monoisotopic (exact) mass is 257 g/mol. The Bertz CT molecular complexity index is 525. The lowest BCUT2D eigenvalue weighted by Gasteiger charge is -2.19. The number of benzene rings is 1. The molecule has 1 N–H and O–H groups in total. The second kappa shape index (κ2) is 6.09. The maximum Gasteiger partial charge on any atom is 0.135 e. The normalized spacial score (nSPS) is 10.1. The lowest BCUT2D eigenvalue weighted by atomic mass is 10.2. The minimum atomic E-state index is 0.853. The van der Waals surface area contributed by atoms with E-state index < -0.39 is 0 Å². The van der Waals surface area contributed by atoms with E-state index in [-0.39, 0.29) is 0 Å². The van der Waals surface area contributed by atoms with Gasteiger partial charge in [0.1, 0.15) is 17.4 Å². The van der Waals surface area contributed by atoms with Crippen LogP contribution >= 0.6 is 0 Å². The lowest BCUT2D eigenvalue weighted by Crippen LogP contribution is -2.12. The second-order valence-corrected chi connectivity index (χ2v) is 4.17. The molecular weight excluding hydrogens is 238 g/mol. The average Bonchev–Trinajstić information content (AvgIpc) is 2.47. The second-order valence-electron chi connectivity index (χ2n) is 4.17. The van der Waals surface area contributed by atoms with Gasteiger partial charge in [-0.25, -0.2) is 4.98 Å². The molecule has 0 atom stereocenters. The summed E-state index contributed by atoms with van der Waals surface area (Å²) in [6, 6.07) is 13.9. The number of pyridine rings is 1. The van der Waals surface area contributed by atoms with Gasteiger partial charge in [0.05, 0.1) is 7.11 Å². The van der Waals surface area contributed by atoms with Gasteiger partial charge >= 0.3 is 0 Å². The fourth-order valence-corrected chi connectivity index (χ4v) is 1.83. The van der Waals surface area contributed by atoms with Gasteiger partial charge in [-0.2, -0.15) is 0 Å². The third kappa shape index (κ3) is 3.16. The van der Waals surface area contributed by atoms with E-state index in [9.17, 15) is 0 Å². The van der Waals surface area contributed by atoms with Gasteiger partial charge in [-0.05, 0) is 43.3 Å². The summed E-state index contributed by atoms with van der Waals surface area (Å²) in [5.41, 5.74) is 1.07. The van der Waals surface area contributed by atoms with Crippen LogP contribution < -0.4 is 15.0 Å². The van der Waals surface area contributed by atoms with Crippen LogP contribution in [0.4, 0.5) is 17.3 Å². The highest BCUT2D eigenvalue weighted by Gasteiger charge is 2.06. The van der Waals surface area contributed by atoms with Gasteiger partial charge in [-0.3, -0.25) is 0 Å². The van der Waals surface area contributed by atoms with E-state index in [4.69, 9.17) is 4.74 Å². The Hall–Kier alpha value is -2.23. The molecule has 0 saturated carbocycles. The first-order valence-corrected chi connectivity index (χ1v) is 6.33. The highest BCUT2D eigenvalue weighted by atomic mass is 16.5. The van der Waals surface area contributed by atoms with Crippen LogP contribution in [0.25, 0.3) is 0 Å². The predicted octanol–water partition coefficient (Wildman–Crippen LogP) is 3.29. The smallest absolute Gasteiger partial charge is 0.135 e. The molecule has 0 bridgehead atoms. The summed E-state index contributed by atoms with van der Waals surface area (Å²) in [7, 11) is 3.67. The van der Waals surface area contributed by atoms with E-state index in [1.807, 2.05) is 54.4 Å². The first-order valence-electron chi connectivity index (χ1n) is 6.33. The molecule has 0 aliphatic heterocycles. The molecule has 0 aliphatic rings.